The molecule has 2 nitrogen and oxygen atoms in total. The Morgan fingerprint density at radius 1 is 0.386 bits per heavy atom. The minimum atomic E-state index is 0.00618. The van der Waals surface area contributed by atoms with Crippen LogP contribution in [0.5, 0.6) is 0 Å². The zero-order valence-corrected chi connectivity index (χ0v) is 31.9. The molecule has 9 aromatic rings. The van der Waals surface area contributed by atoms with E-state index in [2.05, 4.69) is 205 Å². The van der Waals surface area contributed by atoms with Crippen LogP contribution >= 0.6 is 11.8 Å². The lowest BCUT2D eigenvalue weighted by Gasteiger charge is -2.42. The molecule has 8 aromatic carbocycles. The van der Waals surface area contributed by atoms with Crippen LogP contribution in [0.15, 0.2) is 222 Å². The molecule has 0 spiro atoms. The lowest BCUT2D eigenvalue weighted by atomic mass is 9.34. The average Bonchev–Trinajstić information content (AvgIpc) is 3.30. The molecule has 0 saturated carbocycles. The lowest BCUT2D eigenvalue weighted by Crippen LogP contribution is -2.60. The van der Waals surface area contributed by atoms with E-state index in [1.54, 1.807) is 0 Å². The van der Waals surface area contributed by atoms with E-state index in [-0.39, 0.29) is 6.71 Å². The zero-order valence-electron chi connectivity index (χ0n) is 31.1. The number of fused-ring (bicyclic) bond motifs is 4. The first kappa shape index (κ1) is 33.5. The van der Waals surface area contributed by atoms with Gasteiger partial charge >= 0.3 is 0 Å². The summed E-state index contributed by atoms with van der Waals surface area (Å²) < 4.78 is 0. The normalized spacial score (nSPS) is 12.4. The first-order valence-electron chi connectivity index (χ1n) is 19.5. The van der Waals surface area contributed by atoms with Gasteiger partial charge in [0.1, 0.15) is 0 Å². The van der Waals surface area contributed by atoms with E-state index < -0.39 is 0 Å². The van der Waals surface area contributed by atoms with Gasteiger partial charge in [-0.2, -0.15) is 0 Å². The molecule has 0 atom stereocenters. The van der Waals surface area contributed by atoms with E-state index in [1.165, 1.54) is 82.1 Å². The van der Waals surface area contributed by atoms with Crippen molar-refractivity contribution >= 4 is 51.9 Å². The Balaban J connectivity index is 1.26. The van der Waals surface area contributed by atoms with E-state index in [0.29, 0.717) is 0 Å². The van der Waals surface area contributed by atoms with E-state index in [9.17, 15) is 0 Å². The summed E-state index contributed by atoms with van der Waals surface area (Å²) in [7, 11) is 0. The molecule has 0 bridgehead atoms. The number of benzene rings is 8. The van der Waals surface area contributed by atoms with Crippen molar-refractivity contribution < 1.29 is 0 Å². The second-order valence-electron chi connectivity index (χ2n) is 14.7. The molecule has 0 amide bonds. The summed E-state index contributed by atoms with van der Waals surface area (Å²) in [4.78, 5) is 10.0. The number of hydrogen-bond acceptors (Lipinski definition) is 3. The van der Waals surface area contributed by atoms with Gasteiger partial charge < -0.3 is 4.90 Å². The number of hydrogen-bond donors (Lipinski definition) is 0. The molecule has 266 valence electrons. The molecule has 0 fully saturated rings. The Morgan fingerprint density at radius 3 is 1.54 bits per heavy atom. The molecule has 1 aromatic heterocycles. The Kier molecular flexibility index (Phi) is 8.22. The van der Waals surface area contributed by atoms with Gasteiger partial charge in [0.15, 0.2) is 0 Å². The molecule has 0 radical (unpaired) electrons. The predicted molar refractivity (Wildman–Crippen MR) is 241 cm³/mol. The average molecular weight is 743 g/mol. The summed E-state index contributed by atoms with van der Waals surface area (Å²) in [5.41, 5.74) is 19.2. The van der Waals surface area contributed by atoms with Crippen molar-refractivity contribution in [1.82, 2.24) is 4.98 Å². The molecule has 2 aliphatic heterocycles. The summed E-state index contributed by atoms with van der Waals surface area (Å²) in [6.07, 6.45) is 1.90. The number of aromatic nitrogens is 1. The molecule has 4 heteroatoms. The van der Waals surface area contributed by atoms with Crippen molar-refractivity contribution in [3.63, 3.8) is 0 Å². The number of rotatable bonds is 6. The van der Waals surface area contributed by atoms with Crippen LogP contribution in [0.1, 0.15) is 0 Å². The van der Waals surface area contributed by atoms with Crippen LogP contribution < -0.4 is 21.3 Å². The molecule has 3 heterocycles. The van der Waals surface area contributed by atoms with Gasteiger partial charge in [-0.15, -0.1) is 0 Å². The summed E-state index contributed by atoms with van der Waals surface area (Å²) in [6, 6.07) is 75.2. The third-order valence-corrected chi connectivity index (χ3v) is 12.5. The van der Waals surface area contributed by atoms with E-state index >= 15 is 0 Å². The second kappa shape index (κ2) is 14.0. The van der Waals surface area contributed by atoms with Crippen molar-refractivity contribution in [3.05, 3.63) is 212 Å². The number of nitrogens with zero attached hydrogens (tertiary/aromatic N) is 2. The summed E-state index contributed by atoms with van der Waals surface area (Å²) >= 11 is 1.88. The monoisotopic (exact) mass is 742 g/mol. The van der Waals surface area contributed by atoms with Gasteiger partial charge in [0.2, 0.25) is 6.71 Å². The van der Waals surface area contributed by atoms with Gasteiger partial charge in [-0.1, -0.05) is 187 Å². The Hall–Kier alpha value is -6.88. The molecule has 2 aliphatic rings. The lowest BCUT2D eigenvalue weighted by molar-refractivity contribution is 1.26. The largest absolute Gasteiger partial charge is 0.310 e. The predicted octanol–water partition coefficient (Wildman–Crippen LogP) is 12.2. The van der Waals surface area contributed by atoms with Gasteiger partial charge in [0, 0.05) is 44.1 Å². The van der Waals surface area contributed by atoms with Crippen LogP contribution in [-0.2, 0) is 0 Å². The number of anilines is 3. The van der Waals surface area contributed by atoms with Gasteiger partial charge in [-0.05, 0) is 80.7 Å². The van der Waals surface area contributed by atoms with Crippen LogP contribution in [0, 0.1) is 0 Å². The molecule has 57 heavy (non-hydrogen) atoms. The molecule has 0 saturated heterocycles. The van der Waals surface area contributed by atoms with Crippen molar-refractivity contribution in [2.24, 2.45) is 0 Å². The quantitative estimate of drug-likeness (QED) is 0.158. The van der Waals surface area contributed by atoms with Crippen molar-refractivity contribution in [2.75, 3.05) is 4.90 Å². The summed E-state index contributed by atoms with van der Waals surface area (Å²) in [5, 5.41) is 0. The fourth-order valence-corrected chi connectivity index (χ4v) is 9.97. The maximum Gasteiger partial charge on any atom is 0.249 e. The molecule has 0 aliphatic carbocycles. The highest BCUT2D eigenvalue weighted by Gasteiger charge is 2.42. The van der Waals surface area contributed by atoms with Crippen LogP contribution in [0.2, 0.25) is 0 Å². The minimum Gasteiger partial charge on any atom is -0.310 e. The Labute approximate surface area is 338 Å². The first-order chi connectivity index (χ1) is 28.3. The first-order valence-corrected chi connectivity index (χ1v) is 20.3. The highest BCUT2D eigenvalue weighted by atomic mass is 32.2. The fourth-order valence-electron chi connectivity index (χ4n) is 8.78. The number of para-hydroxylation sites is 1. The highest BCUT2D eigenvalue weighted by Crippen LogP contribution is 2.50. The SMILES string of the molecule is c1ccc(-c2ccc3c(c2)B2c4cc(-c5ccccc5)ccc4N(c4c(-c5ccccc5)cccc4-c4ccccc4)c4cc(-c5ccccn5)cc(c42)S3)cc1. The van der Waals surface area contributed by atoms with Crippen LogP contribution in [0.4, 0.5) is 17.1 Å². The van der Waals surface area contributed by atoms with Crippen LogP contribution in [-0.4, -0.2) is 11.7 Å². The van der Waals surface area contributed by atoms with Gasteiger partial charge in [0.25, 0.3) is 0 Å². The molecule has 0 N–H and O–H groups in total. The van der Waals surface area contributed by atoms with Gasteiger partial charge in [-0.3, -0.25) is 4.98 Å². The third kappa shape index (κ3) is 5.80. The van der Waals surface area contributed by atoms with E-state index in [0.717, 1.165) is 16.9 Å². The van der Waals surface area contributed by atoms with Crippen LogP contribution in [0.3, 0.4) is 0 Å². The molecular formula is C53H35BN2S. The highest BCUT2D eigenvalue weighted by molar-refractivity contribution is 8.00. The maximum absolute atomic E-state index is 4.89. The molecule has 0 unspecified atom stereocenters. The van der Waals surface area contributed by atoms with Crippen LogP contribution in [0.25, 0.3) is 55.8 Å². The fraction of sp³-hybridized carbons (Fsp3) is 0. The summed E-state index contributed by atoms with van der Waals surface area (Å²) in [6.45, 7) is 0.00618. The van der Waals surface area contributed by atoms with Gasteiger partial charge in [0.05, 0.1) is 11.4 Å². The Bertz CT molecular complexity index is 2860. The smallest absolute Gasteiger partial charge is 0.249 e. The third-order valence-electron chi connectivity index (χ3n) is 11.4. The zero-order chi connectivity index (χ0) is 37.7. The Morgan fingerprint density at radius 2 is 0.947 bits per heavy atom. The summed E-state index contributed by atoms with van der Waals surface area (Å²) in [5.74, 6) is 0. The van der Waals surface area contributed by atoms with E-state index in [1.807, 2.05) is 24.0 Å². The maximum atomic E-state index is 4.89. The van der Waals surface area contributed by atoms with E-state index in [4.69, 9.17) is 4.98 Å². The molecule has 11 rings (SSSR count). The second-order valence-corrected chi connectivity index (χ2v) is 15.8. The topological polar surface area (TPSA) is 16.1 Å². The van der Waals surface area contributed by atoms with Gasteiger partial charge in [-0.25, -0.2) is 0 Å². The van der Waals surface area contributed by atoms with Crippen molar-refractivity contribution in [1.29, 1.82) is 0 Å². The molecular weight excluding hydrogens is 707 g/mol. The van der Waals surface area contributed by atoms with Crippen molar-refractivity contribution in [3.8, 4) is 55.8 Å². The van der Waals surface area contributed by atoms with Crippen molar-refractivity contribution in [2.45, 2.75) is 9.79 Å². The minimum absolute atomic E-state index is 0.00618. The standard InChI is InChI=1S/C53H35BN2S/c1-5-16-36(17-6-1)40-27-29-48-45(32-40)54-46-33-41(37-18-7-2-8-19-37)28-30-50(46)57-51-35-42(47-26-13-14-31-55-47)34-49(52(51)54)56(48)53-43(38-20-9-3-10-21-38)24-15-25-44(53)39-22-11-4-12-23-39/h1-35H. The number of pyridine rings is 1.